The zero-order valence-corrected chi connectivity index (χ0v) is 17.6. The molecule has 1 atom stereocenters. The molecule has 3 aliphatic heterocycles. The third kappa shape index (κ3) is 3.58. The molecule has 1 unspecified atom stereocenters. The fourth-order valence-corrected chi connectivity index (χ4v) is 4.84. The van der Waals surface area contributed by atoms with Crippen LogP contribution in [0.25, 0.3) is 0 Å². The van der Waals surface area contributed by atoms with Gasteiger partial charge in [0.2, 0.25) is 0 Å². The zero-order valence-electron chi connectivity index (χ0n) is 17.6. The highest BCUT2D eigenvalue weighted by Crippen LogP contribution is 2.39. The number of ether oxygens (including phenoxy) is 1. The van der Waals surface area contributed by atoms with E-state index in [0.717, 1.165) is 24.4 Å². The van der Waals surface area contributed by atoms with E-state index < -0.39 is 5.54 Å². The van der Waals surface area contributed by atoms with E-state index in [1.165, 1.54) is 4.90 Å². The molecule has 158 valence electrons. The summed E-state index contributed by atoms with van der Waals surface area (Å²) in [4.78, 5) is 41.1. The molecule has 3 aliphatic rings. The maximum Gasteiger partial charge on any atom is 0.327 e. The Labute approximate surface area is 172 Å². The van der Waals surface area contributed by atoms with Crippen LogP contribution in [0.5, 0.6) is 0 Å². The van der Waals surface area contributed by atoms with Crippen LogP contribution < -0.4 is 4.90 Å². The van der Waals surface area contributed by atoms with Crippen LogP contribution in [0.4, 0.5) is 10.6 Å². The van der Waals surface area contributed by atoms with Crippen molar-refractivity contribution in [1.82, 2.24) is 19.8 Å². The second-order valence-corrected chi connectivity index (χ2v) is 8.82. The molecular weight excluding hydrogens is 370 g/mol. The minimum absolute atomic E-state index is 0.0266. The predicted octanol–water partition coefficient (Wildman–Crippen LogP) is 2.22. The van der Waals surface area contributed by atoms with E-state index in [4.69, 9.17) is 4.74 Å². The van der Waals surface area contributed by atoms with E-state index in [1.54, 1.807) is 12.4 Å². The number of hydrogen-bond donors (Lipinski definition) is 0. The van der Waals surface area contributed by atoms with E-state index in [9.17, 15) is 9.59 Å². The fraction of sp³-hybridized carbons (Fsp3) is 0.714. The summed E-state index contributed by atoms with van der Waals surface area (Å²) in [6.07, 6.45) is 6.50. The van der Waals surface area contributed by atoms with Gasteiger partial charge in [0.1, 0.15) is 11.4 Å². The van der Waals surface area contributed by atoms with Crippen molar-refractivity contribution in [2.45, 2.75) is 58.1 Å². The monoisotopic (exact) mass is 401 g/mol. The molecule has 0 aliphatic carbocycles. The molecule has 0 N–H and O–H groups in total. The topological polar surface area (TPSA) is 78.9 Å². The highest BCUT2D eigenvalue weighted by molar-refractivity contribution is 6.07. The second kappa shape index (κ2) is 7.89. The predicted molar refractivity (Wildman–Crippen MR) is 109 cm³/mol. The van der Waals surface area contributed by atoms with E-state index in [-0.39, 0.29) is 18.0 Å². The van der Waals surface area contributed by atoms with E-state index in [0.29, 0.717) is 51.5 Å². The highest BCUT2D eigenvalue weighted by Gasteiger charge is 2.58. The molecule has 1 spiro atoms. The molecule has 1 aromatic heterocycles. The van der Waals surface area contributed by atoms with Gasteiger partial charge in [-0.25, -0.2) is 9.78 Å². The van der Waals surface area contributed by atoms with Crippen molar-refractivity contribution < 1.29 is 14.3 Å². The van der Waals surface area contributed by atoms with E-state index in [1.807, 2.05) is 11.8 Å². The Morgan fingerprint density at radius 1 is 1.21 bits per heavy atom. The smallest absolute Gasteiger partial charge is 0.327 e. The van der Waals surface area contributed by atoms with Crippen LogP contribution in [0.3, 0.4) is 0 Å². The first-order chi connectivity index (χ1) is 13.9. The van der Waals surface area contributed by atoms with Crippen LogP contribution in [-0.4, -0.2) is 76.1 Å². The van der Waals surface area contributed by atoms with Gasteiger partial charge in [0, 0.05) is 38.6 Å². The average molecular weight is 402 g/mol. The van der Waals surface area contributed by atoms with Crippen LogP contribution in [0, 0.1) is 12.8 Å². The van der Waals surface area contributed by atoms with E-state index >= 15 is 0 Å². The van der Waals surface area contributed by atoms with Gasteiger partial charge in [-0.2, -0.15) is 0 Å². The molecule has 4 rings (SSSR count). The standard InChI is InChI=1S/C21H31N5O3/c1-15(2)13-26-20(28)25(14-17-5-4-12-29-17)19(27)21(26)6-10-24(11-7-21)18-16(3)22-8-9-23-18/h8-9,15,17H,4-7,10-14H2,1-3H3. The molecule has 3 amide bonds. The summed E-state index contributed by atoms with van der Waals surface area (Å²) in [6, 6.07) is -0.150. The number of imide groups is 1. The normalized spacial score (nSPS) is 24.4. The summed E-state index contributed by atoms with van der Waals surface area (Å²) in [5.41, 5.74) is 0.142. The largest absolute Gasteiger partial charge is 0.376 e. The Balaban J connectivity index is 1.55. The third-order valence-corrected chi connectivity index (χ3v) is 6.33. The summed E-state index contributed by atoms with van der Waals surface area (Å²) in [6.45, 7) is 9.18. The maximum atomic E-state index is 13.5. The molecule has 1 aromatic rings. The lowest BCUT2D eigenvalue weighted by molar-refractivity contribution is -0.135. The van der Waals surface area contributed by atoms with Crippen molar-refractivity contribution >= 4 is 17.8 Å². The van der Waals surface area contributed by atoms with Gasteiger partial charge < -0.3 is 14.5 Å². The van der Waals surface area contributed by atoms with Crippen molar-refractivity contribution in [3.63, 3.8) is 0 Å². The Morgan fingerprint density at radius 3 is 2.55 bits per heavy atom. The summed E-state index contributed by atoms with van der Waals surface area (Å²) in [5, 5.41) is 0. The quantitative estimate of drug-likeness (QED) is 0.704. The minimum Gasteiger partial charge on any atom is -0.376 e. The second-order valence-electron chi connectivity index (χ2n) is 8.82. The van der Waals surface area contributed by atoms with Crippen molar-refractivity contribution in [1.29, 1.82) is 0 Å². The molecule has 0 radical (unpaired) electrons. The van der Waals surface area contributed by atoms with Crippen molar-refractivity contribution in [2.24, 2.45) is 5.92 Å². The number of urea groups is 1. The first kappa shape index (κ1) is 20.1. The number of nitrogens with zero attached hydrogens (tertiary/aromatic N) is 5. The highest BCUT2D eigenvalue weighted by atomic mass is 16.5. The maximum absolute atomic E-state index is 13.5. The number of hydrogen-bond acceptors (Lipinski definition) is 6. The van der Waals surface area contributed by atoms with Crippen LogP contribution in [-0.2, 0) is 9.53 Å². The number of carbonyl (C=O) groups excluding carboxylic acids is 2. The van der Waals surface area contributed by atoms with Crippen molar-refractivity contribution in [3.8, 4) is 0 Å². The van der Waals surface area contributed by atoms with Gasteiger partial charge in [-0.15, -0.1) is 0 Å². The van der Waals surface area contributed by atoms with Crippen LogP contribution in [0.15, 0.2) is 12.4 Å². The first-order valence-corrected chi connectivity index (χ1v) is 10.7. The van der Waals surface area contributed by atoms with Crippen molar-refractivity contribution in [3.05, 3.63) is 18.1 Å². The number of carbonyl (C=O) groups is 2. The zero-order chi connectivity index (χ0) is 20.6. The average Bonchev–Trinajstić information content (AvgIpc) is 3.28. The number of aryl methyl sites for hydroxylation is 1. The van der Waals surface area contributed by atoms with Gasteiger partial charge in [-0.1, -0.05) is 13.8 Å². The number of anilines is 1. The Morgan fingerprint density at radius 2 is 1.93 bits per heavy atom. The summed E-state index contributed by atoms with van der Waals surface area (Å²) in [5.74, 6) is 1.12. The van der Waals surface area contributed by atoms with Crippen molar-refractivity contribution in [2.75, 3.05) is 37.7 Å². The van der Waals surface area contributed by atoms with Gasteiger partial charge >= 0.3 is 6.03 Å². The van der Waals surface area contributed by atoms with Gasteiger partial charge in [-0.05, 0) is 38.5 Å². The molecule has 3 saturated heterocycles. The van der Waals surface area contributed by atoms with Gasteiger partial charge in [0.05, 0.1) is 18.3 Å². The number of aromatic nitrogens is 2. The molecule has 0 aromatic carbocycles. The summed E-state index contributed by atoms with van der Waals surface area (Å²) >= 11 is 0. The molecule has 3 fully saturated rings. The molecule has 0 saturated carbocycles. The summed E-state index contributed by atoms with van der Waals surface area (Å²) in [7, 11) is 0. The molecule has 0 bridgehead atoms. The minimum atomic E-state index is -0.743. The SMILES string of the molecule is Cc1nccnc1N1CCC2(CC1)C(=O)N(CC1CCCO1)C(=O)N2CC(C)C. The van der Waals surface area contributed by atoms with Gasteiger partial charge in [0.25, 0.3) is 5.91 Å². The first-order valence-electron chi connectivity index (χ1n) is 10.7. The van der Waals surface area contributed by atoms with Gasteiger partial charge in [0.15, 0.2) is 0 Å². The third-order valence-electron chi connectivity index (χ3n) is 6.33. The number of amides is 3. The van der Waals surface area contributed by atoms with Crippen LogP contribution >= 0.6 is 0 Å². The van der Waals surface area contributed by atoms with Crippen LogP contribution in [0.2, 0.25) is 0 Å². The molecule has 4 heterocycles. The lowest BCUT2D eigenvalue weighted by atomic mass is 9.85. The Hall–Kier alpha value is -2.22. The lowest BCUT2D eigenvalue weighted by Crippen LogP contribution is -2.57. The number of piperidine rings is 1. The molecule has 8 nitrogen and oxygen atoms in total. The Kier molecular flexibility index (Phi) is 5.46. The van der Waals surface area contributed by atoms with E-state index in [2.05, 4.69) is 28.7 Å². The van der Waals surface area contributed by atoms with Gasteiger partial charge in [-0.3, -0.25) is 14.7 Å². The summed E-state index contributed by atoms with van der Waals surface area (Å²) < 4.78 is 5.70. The number of rotatable bonds is 5. The molecular formula is C21H31N5O3. The lowest BCUT2D eigenvalue weighted by Gasteiger charge is -2.43. The Bertz CT molecular complexity index is 769. The fourth-order valence-electron chi connectivity index (χ4n) is 4.84. The molecule has 29 heavy (non-hydrogen) atoms. The molecule has 8 heteroatoms. The van der Waals surface area contributed by atoms with Crippen LogP contribution in [0.1, 0.15) is 45.2 Å².